The van der Waals surface area contributed by atoms with Gasteiger partial charge in [0.05, 0.1) is 6.61 Å². The summed E-state index contributed by atoms with van der Waals surface area (Å²) in [5, 5.41) is 0. The maximum absolute atomic E-state index is 5.80. The largest absolute Gasteiger partial charge is 0.494 e. The van der Waals surface area contributed by atoms with Crippen LogP contribution in [0.4, 0.5) is 0 Å². The third kappa shape index (κ3) is 4.89. The van der Waals surface area contributed by atoms with Crippen LogP contribution < -0.4 is 4.74 Å². The van der Waals surface area contributed by atoms with E-state index in [2.05, 4.69) is 79.7 Å². The Bertz CT molecular complexity index is 789. The van der Waals surface area contributed by atoms with Crippen molar-refractivity contribution in [1.82, 2.24) is 0 Å². The molecule has 0 unspecified atom stereocenters. The van der Waals surface area contributed by atoms with Crippen molar-refractivity contribution in [2.45, 2.75) is 26.2 Å². The van der Waals surface area contributed by atoms with Gasteiger partial charge >= 0.3 is 0 Å². The van der Waals surface area contributed by atoms with E-state index in [-0.39, 0.29) is 0 Å². The highest BCUT2D eigenvalue weighted by molar-refractivity contribution is 6.17. The summed E-state index contributed by atoms with van der Waals surface area (Å²) in [6.07, 6.45) is 3.16. The molecule has 134 valence electrons. The van der Waals surface area contributed by atoms with Gasteiger partial charge in [0.2, 0.25) is 0 Å². The molecule has 0 atom stereocenters. The summed E-state index contributed by atoms with van der Waals surface area (Å²) >= 11 is 5.80. The monoisotopic (exact) mass is 364 g/mol. The van der Waals surface area contributed by atoms with E-state index in [9.17, 15) is 0 Å². The minimum absolute atomic E-state index is 0.663. The van der Waals surface area contributed by atoms with E-state index in [0.29, 0.717) is 5.88 Å². The topological polar surface area (TPSA) is 9.23 Å². The van der Waals surface area contributed by atoms with E-state index in [1.807, 2.05) is 0 Å². The molecule has 0 saturated carbocycles. The lowest BCUT2D eigenvalue weighted by Gasteiger charge is -2.08. The van der Waals surface area contributed by atoms with Gasteiger partial charge in [-0.3, -0.25) is 0 Å². The molecule has 0 aromatic heterocycles. The van der Waals surface area contributed by atoms with Crippen LogP contribution in [0.3, 0.4) is 0 Å². The molecule has 0 bridgehead atoms. The van der Waals surface area contributed by atoms with Crippen molar-refractivity contribution in [3.05, 3.63) is 78.4 Å². The fourth-order valence-electron chi connectivity index (χ4n) is 2.91. The van der Waals surface area contributed by atoms with Crippen molar-refractivity contribution in [2.75, 3.05) is 12.5 Å². The van der Waals surface area contributed by atoms with Crippen molar-refractivity contribution < 1.29 is 4.74 Å². The van der Waals surface area contributed by atoms with Crippen molar-refractivity contribution in [3.63, 3.8) is 0 Å². The number of benzene rings is 3. The fourth-order valence-corrected chi connectivity index (χ4v) is 3.12. The third-order valence-corrected chi connectivity index (χ3v) is 4.70. The SMILES string of the molecule is CCCCOc1ccc(-c2ccc(-c3ccc(CCCl)cc3)cc2)cc1. The van der Waals surface area contributed by atoms with Gasteiger partial charge < -0.3 is 4.74 Å². The van der Waals surface area contributed by atoms with E-state index in [1.54, 1.807) is 0 Å². The Morgan fingerprint density at radius 3 is 1.62 bits per heavy atom. The molecule has 1 nitrogen and oxygen atoms in total. The summed E-state index contributed by atoms with van der Waals surface area (Å²) < 4.78 is 5.73. The van der Waals surface area contributed by atoms with Gasteiger partial charge in [-0.15, -0.1) is 11.6 Å². The Hall–Kier alpha value is -2.25. The zero-order valence-electron chi connectivity index (χ0n) is 15.2. The van der Waals surface area contributed by atoms with Gasteiger partial charge in [0.15, 0.2) is 0 Å². The van der Waals surface area contributed by atoms with E-state index < -0.39 is 0 Å². The van der Waals surface area contributed by atoms with Gasteiger partial charge in [0.1, 0.15) is 5.75 Å². The summed E-state index contributed by atoms with van der Waals surface area (Å²) in [6, 6.07) is 25.7. The normalized spacial score (nSPS) is 10.7. The molecule has 0 aliphatic heterocycles. The van der Waals surface area contributed by atoms with Gasteiger partial charge in [0.25, 0.3) is 0 Å². The Morgan fingerprint density at radius 2 is 1.15 bits per heavy atom. The molecule has 0 spiro atoms. The zero-order valence-corrected chi connectivity index (χ0v) is 16.0. The minimum atomic E-state index is 0.663. The molecule has 0 aliphatic carbocycles. The van der Waals surface area contributed by atoms with Crippen molar-refractivity contribution >= 4 is 11.6 Å². The highest BCUT2D eigenvalue weighted by Gasteiger charge is 2.02. The summed E-state index contributed by atoms with van der Waals surface area (Å²) in [5.74, 6) is 1.60. The molecule has 0 aliphatic rings. The number of alkyl halides is 1. The average molecular weight is 365 g/mol. The predicted octanol–water partition coefficient (Wildman–Crippen LogP) is 6.98. The molecule has 0 radical (unpaired) electrons. The molecule has 26 heavy (non-hydrogen) atoms. The van der Waals surface area contributed by atoms with Crippen molar-refractivity contribution in [3.8, 4) is 28.0 Å². The van der Waals surface area contributed by atoms with Crippen molar-refractivity contribution in [2.24, 2.45) is 0 Å². The molecule has 3 aromatic rings. The summed E-state index contributed by atoms with van der Waals surface area (Å²) in [6.45, 7) is 2.96. The van der Waals surface area contributed by atoms with Crippen LogP contribution in [0.2, 0.25) is 0 Å². The highest BCUT2D eigenvalue weighted by atomic mass is 35.5. The molecular weight excluding hydrogens is 340 g/mol. The van der Waals surface area contributed by atoms with E-state index in [4.69, 9.17) is 16.3 Å². The van der Waals surface area contributed by atoms with Gasteiger partial charge in [-0.05, 0) is 52.8 Å². The number of hydrogen-bond donors (Lipinski definition) is 0. The van der Waals surface area contributed by atoms with E-state index in [0.717, 1.165) is 31.6 Å². The first-order valence-electron chi connectivity index (χ1n) is 9.28. The quantitative estimate of drug-likeness (QED) is 0.309. The minimum Gasteiger partial charge on any atom is -0.494 e. The molecule has 0 heterocycles. The van der Waals surface area contributed by atoms with Crippen LogP contribution in [0.1, 0.15) is 25.3 Å². The molecule has 0 saturated heterocycles. The van der Waals surface area contributed by atoms with Crippen LogP contribution in [-0.4, -0.2) is 12.5 Å². The van der Waals surface area contributed by atoms with Gasteiger partial charge in [-0.25, -0.2) is 0 Å². The number of aryl methyl sites for hydroxylation is 1. The number of rotatable bonds is 8. The first kappa shape index (κ1) is 18.5. The Kier molecular flexibility index (Phi) is 6.74. The van der Waals surface area contributed by atoms with Crippen LogP contribution in [0.5, 0.6) is 5.75 Å². The Labute approximate surface area is 161 Å². The smallest absolute Gasteiger partial charge is 0.119 e. The number of hydrogen-bond acceptors (Lipinski definition) is 1. The summed E-state index contributed by atoms with van der Waals surface area (Å²) in [5.41, 5.74) is 6.16. The van der Waals surface area contributed by atoms with E-state index >= 15 is 0 Å². The standard InChI is InChI=1S/C24H25ClO/c1-2-3-18-26-24-14-12-23(13-15-24)22-10-8-21(9-11-22)20-6-4-19(5-7-20)16-17-25/h4-15H,2-3,16-18H2,1H3. The van der Waals surface area contributed by atoms with Crippen molar-refractivity contribution in [1.29, 1.82) is 0 Å². The molecule has 3 rings (SSSR count). The lowest BCUT2D eigenvalue weighted by atomic mass is 9.99. The number of halogens is 1. The van der Waals surface area contributed by atoms with Crippen LogP contribution in [0, 0.1) is 0 Å². The van der Waals surface area contributed by atoms with Gasteiger partial charge in [-0.2, -0.15) is 0 Å². The molecule has 0 fully saturated rings. The van der Waals surface area contributed by atoms with Crippen LogP contribution in [0.15, 0.2) is 72.8 Å². The van der Waals surface area contributed by atoms with Crippen LogP contribution >= 0.6 is 11.6 Å². The summed E-state index contributed by atoms with van der Waals surface area (Å²) in [4.78, 5) is 0. The number of ether oxygens (including phenoxy) is 1. The maximum atomic E-state index is 5.80. The van der Waals surface area contributed by atoms with E-state index in [1.165, 1.54) is 27.8 Å². The third-order valence-electron chi connectivity index (χ3n) is 4.51. The Balaban J connectivity index is 1.68. The highest BCUT2D eigenvalue weighted by Crippen LogP contribution is 2.26. The molecule has 2 heteroatoms. The second-order valence-corrected chi connectivity index (χ2v) is 6.82. The van der Waals surface area contributed by atoms with Crippen LogP contribution in [-0.2, 0) is 6.42 Å². The second-order valence-electron chi connectivity index (χ2n) is 6.44. The second kappa shape index (κ2) is 9.45. The zero-order chi connectivity index (χ0) is 18.2. The lowest BCUT2D eigenvalue weighted by molar-refractivity contribution is 0.309. The maximum Gasteiger partial charge on any atom is 0.119 e. The summed E-state index contributed by atoms with van der Waals surface area (Å²) in [7, 11) is 0. The molecular formula is C24H25ClO. The van der Waals surface area contributed by atoms with Gasteiger partial charge in [0, 0.05) is 5.88 Å². The molecule has 0 N–H and O–H groups in total. The average Bonchev–Trinajstić information content (AvgIpc) is 2.70. The fraction of sp³-hybridized carbons (Fsp3) is 0.250. The Morgan fingerprint density at radius 1 is 0.692 bits per heavy atom. The predicted molar refractivity (Wildman–Crippen MR) is 112 cm³/mol. The first-order chi connectivity index (χ1) is 12.8. The van der Waals surface area contributed by atoms with Gasteiger partial charge in [-0.1, -0.05) is 74.0 Å². The lowest BCUT2D eigenvalue weighted by Crippen LogP contribution is -1.95. The number of unbranched alkanes of at least 4 members (excludes halogenated alkanes) is 1. The molecule has 0 amide bonds. The van der Waals surface area contributed by atoms with Crippen LogP contribution in [0.25, 0.3) is 22.3 Å². The molecule has 3 aromatic carbocycles. The first-order valence-corrected chi connectivity index (χ1v) is 9.82.